The first-order valence-electron chi connectivity index (χ1n) is 10.3. The van der Waals surface area contributed by atoms with Gasteiger partial charge in [0, 0.05) is 56.2 Å². The lowest BCUT2D eigenvalue weighted by Gasteiger charge is -2.35. The van der Waals surface area contributed by atoms with Crippen LogP contribution in [0.2, 0.25) is 0 Å². The smallest absolute Gasteiger partial charge is 0.414 e. The Bertz CT molecular complexity index is 1120. The average Bonchev–Trinajstić information content (AvgIpc) is 2.85. The predicted molar refractivity (Wildman–Crippen MR) is 121 cm³/mol. The summed E-state index contributed by atoms with van der Waals surface area (Å²) in [6.45, 7) is 3.98. The van der Waals surface area contributed by atoms with Crippen molar-refractivity contribution in [3.05, 3.63) is 72.1 Å². The molecular formula is C24H25N3O6. The van der Waals surface area contributed by atoms with Crippen LogP contribution < -0.4 is 4.74 Å². The van der Waals surface area contributed by atoms with Crippen LogP contribution in [0.4, 0.5) is 0 Å². The molecule has 2 heterocycles. The number of piperazine rings is 1. The van der Waals surface area contributed by atoms with Gasteiger partial charge in [-0.3, -0.25) is 14.7 Å². The Labute approximate surface area is 190 Å². The fourth-order valence-electron chi connectivity index (χ4n) is 3.68. The maximum absolute atomic E-state index is 12.6. The van der Waals surface area contributed by atoms with E-state index >= 15 is 0 Å². The third-order valence-electron chi connectivity index (χ3n) is 5.37. The van der Waals surface area contributed by atoms with Crippen LogP contribution in [0.15, 0.2) is 60.9 Å². The number of benzene rings is 2. The van der Waals surface area contributed by atoms with Crippen LogP contribution in [0.5, 0.6) is 5.75 Å². The van der Waals surface area contributed by atoms with Gasteiger partial charge in [0.2, 0.25) is 0 Å². The van der Waals surface area contributed by atoms with Crippen LogP contribution in [0.1, 0.15) is 15.9 Å². The lowest BCUT2D eigenvalue weighted by Crippen LogP contribution is -2.48. The predicted octanol–water partition coefficient (Wildman–Crippen LogP) is 2.36. The highest BCUT2D eigenvalue weighted by molar-refractivity contribution is 6.27. The average molecular weight is 451 g/mol. The number of methoxy groups -OCH3 is 1. The number of nitrogens with zero attached hydrogens (tertiary/aromatic N) is 3. The van der Waals surface area contributed by atoms with Crippen LogP contribution in [0, 0.1) is 0 Å². The summed E-state index contributed by atoms with van der Waals surface area (Å²) in [5.41, 5.74) is 1.92. The number of pyridine rings is 1. The summed E-state index contributed by atoms with van der Waals surface area (Å²) < 4.78 is 5.62. The van der Waals surface area contributed by atoms with Crippen LogP contribution in [0.25, 0.3) is 10.8 Å². The molecule has 3 aromatic rings. The molecule has 0 atom stereocenters. The van der Waals surface area contributed by atoms with Crippen molar-refractivity contribution in [1.29, 1.82) is 0 Å². The Morgan fingerprint density at radius 2 is 1.55 bits per heavy atom. The van der Waals surface area contributed by atoms with Crippen molar-refractivity contribution in [2.45, 2.75) is 6.54 Å². The zero-order valence-corrected chi connectivity index (χ0v) is 18.2. The normalized spacial score (nSPS) is 13.7. The minimum Gasteiger partial charge on any atom is -0.496 e. The molecule has 1 aromatic heterocycles. The summed E-state index contributed by atoms with van der Waals surface area (Å²) >= 11 is 0. The molecule has 9 nitrogen and oxygen atoms in total. The van der Waals surface area contributed by atoms with Crippen LogP contribution >= 0.6 is 0 Å². The van der Waals surface area contributed by atoms with E-state index in [4.69, 9.17) is 24.5 Å². The number of ether oxygens (including phenoxy) is 1. The highest BCUT2D eigenvalue weighted by Crippen LogP contribution is 2.29. The Morgan fingerprint density at radius 3 is 2.15 bits per heavy atom. The third-order valence-corrected chi connectivity index (χ3v) is 5.37. The largest absolute Gasteiger partial charge is 0.496 e. The zero-order valence-electron chi connectivity index (χ0n) is 18.2. The molecule has 33 heavy (non-hydrogen) atoms. The minimum absolute atomic E-state index is 0.0831. The van der Waals surface area contributed by atoms with Crippen LogP contribution in [0.3, 0.4) is 0 Å². The summed E-state index contributed by atoms with van der Waals surface area (Å²) in [4.78, 5) is 39.1. The van der Waals surface area contributed by atoms with Gasteiger partial charge in [0.1, 0.15) is 5.75 Å². The number of aromatic nitrogens is 1. The maximum Gasteiger partial charge on any atom is 0.414 e. The van der Waals surface area contributed by atoms with Crippen LogP contribution in [-0.2, 0) is 16.1 Å². The van der Waals surface area contributed by atoms with Gasteiger partial charge in [-0.05, 0) is 29.0 Å². The molecule has 0 spiro atoms. The van der Waals surface area contributed by atoms with Gasteiger partial charge in [0.05, 0.1) is 7.11 Å². The van der Waals surface area contributed by atoms with E-state index in [9.17, 15) is 4.79 Å². The number of carbonyl (C=O) groups is 3. The van der Waals surface area contributed by atoms with Gasteiger partial charge >= 0.3 is 11.9 Å². The van der Waals surface area contributed by atoms with Crippen molar-refractivity contribution in [3.63, 3.8) is 0 Å². The van der Waals surface area contributed by atoms with E-state index in [0.717, 1.165) is 38.5 Å². The Hall–Kier alpha value is -3.98. The fraction of sp³-hybridized carbons (Fsp3) is 0.250. The van der Waals surface area contributed by atoms with E-state index in [2.05, 4.69) is 40.2 Å². The molecule has 1 aliphatic rings. The maximum atomic E-state index is 12.6. The van der Waals surface area contributed by atoms with Crippen molar-refractivity contribution in [1.82, 2.24) is 14.8 Å². The molecular weight excluding hydrogens is 426 g/mol. The fourth-order valence-corrected chi connectivity index (χ4v) is 3.68. The number of carboxylic acids is 2. The number of aliphatic carboxylic acids is 2. The number of rotatable bonds is 4. The molecule has 0 saturated carbocycles. The van der Waals surface area contributed by atoms with Gasteiger partial charge in [0.25, 0.3) is 5.91 Å². The minimum atomic E-state index is -1.82. The molecule has 1 saturated heterocycles. The molecule has 9 heteroatoms. The number of hydrogen-bond donors (Lipinski definition) is 2. The lowest BCUT2D eigenvalue weighted by molar-refractivity contribution is -0.159. The second-order valence-electron chi connectivity index (χ2n) is 7.38. The number of fused-ring (bicyclic) bond motifs is 1. The summed E-state index contributed by atoms with van der Waals surface area (Å²) in [7, 11) is 1.72. The number of hydrogen-bond acceptors (Lipinski definition) is 6. The van der Waals surface area contributed by atoms with Crippen molar-refractivity contribution < 1.29 is 29.3 Å². The van der Waals surface area contributed by atoms with E-state index in [1.165, 1.54) is 16.3 Å². The van der Waals surface area contributed by atoms with Crippen LogP contribution in [-0.4, -0.2) is 76.1 Å². The Balaban J connectivity index is 0.000000454. The molecule has 0 bridgehead atoms. The SMILES string of the molecule is COc1ccc2ccccc2c1CN1CCN(C(=O)c2ccncc2)CC1.O=C(O)C(=O)O. The highest BCUT2D eigenvalue weighted by atomic mass is 16.5. The second-order valence-corrected chi connectivity index (χ2v) is 7.38. The molecule has 1 aliphatic heterocycles. The monoisotopic (exact) mass is 451 g/mol. The summed E-state index contributed by atoms with van der Waals surface area (Å²) in [6.07, 6.45) is 3.33. The molecule has 1 fully saturated rings. The van der Waals surface area contributed by atoms with Crippen molar-refractivity contribution in [3.8, 4) is 5.75 Å². The standard InChI is InChI=1S/C22H23N3O2.C2H2O4/c1-27-21-7-6-17-4-2-3-5-19(17)20(21)16-24-12-14-25(15-13-24)22(26)18-8-10-23-11-9-18;3-1(4)2(5)6/h2-11H,12-16H2,1H3;(H,3,4)(H,5,6). The first kappa shape index (κ1) is 23.7. The van der Waals surface area contributed by atoms with Crippen molar-refractivity contribution in [2.24, 2.45) is 0 Å². The number of carboxylic acid groups (broad SMARTS) is 2. The summed E-state index contributed by atoms with van der Waals surface area (Å²) in [5.74, 6) is -2.64. The molecule has 1 amide bonds. The van der Waals surface area contributed by atoms with Gasteiger partial charge in [-0.1, -0.05) is 30.3 Å². The summed E-state index contributed by atoms with van der Waals surface area (Å²) in [6, 6.07) is 16.1. The van der Waals surface area contributed by atoms with E-state index in [0.29, 0.717) is 5.56 Å². The van der Waals surface area contributed by atoms with Gasteiger partial charge in [-0.15, -0.1) is 0 Å². The van der Waals surface area contributed by atoms with E-state index in [1.54, 1.807) is 31.6 Å². The van der Waals surface area contributed by atoms with E-state index < -0.39 is 11.9 Å². The Kier molecular flexibility index (Phi) is 7.93. The quantitative estimate of drug-likeness (QED) is 0.580. The Morgan fingerprint density at radius 1 is 0.909 bits per heavy atom. The topological polar surface area (TPSA) is 120 Å². The molecule has 4 rings (SSSR count). The second kappa shape index (κ2) is 11.1. The molecule has 2 aromatic carbocycles. The van der Waals surface area contributed by atoms with Crippen molar-refractivity contribution in [2.75, 3.05) is 33.3 Å². The third kappa shape index (κ3) is 6.05. The molecule has 2 N–H and O–H groups in total. The molecule has 0 unspecified atom stereocenters. The first-order valence-corrected chi connectivity index (χ1v) is 10.3. The van der Waals surface area contributed by atoms with Gasteiger partial charge in [-0.25, -0.2) is 9.59 Å². The van der Waals surface area contributed by atoms with Crippen molar-refractivity contribution >= 4 is 28.6 Å². The molecule has 172 valence electrons. The summed E-state index contributed by atoms with van der Waals surface area (Å²) in [5, 5.41) is 17.2. The number of amides is 1. The lowest BCUT2D eigenvalue weighted by atomic mass is 10.0. The molecule has 0 radical (unpaired) electrons. The molecule has 0 aliphatic carbocycles. The van der Waals surface area contributed by atoms with Gasteiger partial charge < -0.3 is 19.8 Å². The van der Waals surface area contributed by atoms with E-state index in [1.807, 2.05) is 11.0 Å². The van der Waals surface area contributed by atoms with Gasteiger partial charge in [0.15, 0.2) is 0 Å². The highest BCUT2D eigenvalue weighted by Gasteiger charge is 2.23. The van der Waals surface area contributed by atoms with E-state index in [-0.39, 0.29) is 5.91 Å². The number of carbonyl (C=O) groups excluding carboxylic acids is 1. The zero-order chi connectivity index (χ0) is 23.8. The van der Waals surface area contributed by atoms with Gasteiger partial charge in [-0.2, -0.15) is 0 Å². The first-order chi connectivity index (χ1) is 15.9.